The molecule has 2 fully saturated rings. The summed E-state index contributed by atoms with van der Waals surface area (Å²) in [6, 6.07) is 5.45. The molecule has 2 N–H and O–H groups in total. The third-order valence-electron chi connectivity index (χ3n) is 9.03. The topological polar surface area (TPSA) is 88.1 Å². The van der Waals surface area contributed by atoms with Gasteiger partial charge in [0.2, 0.25) is 5.88 Å². The van der Waals surface area contributed by atoms with Gasteiger partial charge in [-0.2, -0.15) is 5.10 Å². The summed E-state index contributed by atoms with van der Waals surface area (Å²) >= 11 is 0. The van der Waals surface area contributed by atoms with E-state index in [1.165, 1.54) is 11.1 Å². The van der Waals surface area contributed by atoms with Crippen LogP contribution in [0.2, 0.25) is 0 Å². The molecule has 0 saturated heterocycles. The van der Waals surface area contributed by atoms with Crippen LogP contribution in [0.3, 0.4) is 0 Å². The van der Waals surface area contributed by atoms with Gasteiger partial charge in [0, 0.05) is 18.7 Å². The fourth-order valence-corrected chi connectivity index (χ4v) is 7.70. The van der Waals surface area contributed by atoms with Crippen molar-refractivity contribution in [2.75, 3.05) is 6.61 Å². The first-order chi connectivity index (χ1) is 16.3. The molecule has 6 atom stereocenters. The Balaban J connectivity index is 1.37. The van der Waals surface area contributed by atoms with E-state index in [1.807, 2.05) is 18.3 Å². The fraction of sp³-hybridized carbons (Fsp3) is 0.607. The summed E-state index contributed by atoms with van der Waals surface area (Å²) in [5, 5.41) is 19.1. The van der Waals surface area contributed by atoms with Crippen LogP contribution in [-0.4, -0.2) is 38.8 Å². The Morgan fingerprint density at radius 3 is 2.94 bits per heavy atom. The lowest BCUT2D eigenvalue weighted by Crippen LogP contribution is -2.57. The van der Waals surface area contributed by atoms with Crippen LogP contribution in [0.1, 0.15) is 70.6 Å². The maximum Gasteiger partial charge on any atom is 0.213 e. The Hall–Kier alpha value is -2.47. The molecule has 0 amide bonds. The summed E-state index contributed by atoms with van der Waals surface area (Å²) in [5.41, 5.74) is 3.54. The first-order valence-corrected chi connectivity index (χ1v) is 12.8. The largest absolute Gasteiger partial charge is 0.470 e. The minimum Gasteiger partial charge on any atom is -0.470 e. The van der Waals surface area contributed by atoms with Crippen molar-refractivity contribution in [1.82, 2.24) is 15.2 Å². The van der Waals surface area contributed by atoms with E-state index in [-0.39, 0.29) is 29.1 Å². The first kappa shape index (κ1) is 23.3. The molecule has 3 aliphatic rings. The number of hydrogen-bond donors (Lipinski definition) is 2. The number of ketones is 1. The number of nitrogens with one attached hydrogen (secondary N) is 1. The third kappa shape index (κ3) is 4.00. The van der Waals surface area contributed by atoms with E-state index in [4.69, 9.17) is 4.74 Å². The number of nitrogens with zero attached hydrogens (tertiary/aromatic N) is 2. The van der Waals surface area contributed by atoms with Crippen LogP contribution in [0.15, 0.2) is 36.2 Å². The quantitative estimate of drug-likeness (QED) is 0.603. The molecule has 3 aliphatic carbocycles. The van der Waals surface area contributed by atoms with Crippen LogP contribution in [0.4, 0.5) is 0 Å². The average Bonchev–Trinajstić information content (AvgIpc) is 3.25. The van der Waals surface area contributed by atoms with Crippen LogP contribution in [0.25, 0.3) is 6.08 Å². The molecular weight excluding hydrogens is 426 g/mol. The fourth-order valence-electron chi connectivity index (χ4n) is 7.70. The zero-order valence-electron chi connectivity index (χ0n) is 20.6. The van der Waals surface area contributed by atoms with Crippen molar-refractivity contribution >= 4 is 11.9 Å². The number of pyridine rings is 1. The summed E-state index contributed by atoms with van der Waals surface area (Å²) in [5.74, 6) is 1.59. The molecule has 6 unspecified atom stereocenters. The lowest BCUT2D eigenvalue weighted by molar-refractivity contribution is -0.142. The average molecular weight is 464 g/mol. The second-order valence-corrected chi connectivity index (χ2v) is 11.3. The Morgan fingerprint density at radius 1 is 1.32 bits per heavy atom. The van der Waals surface area contributed by atoms with Gasteiger partial charge < -0.3 is 9.84 Å². The number of ether oxygens (including phenoxy) is 1. The van der Waals surface area contributed by atoms with Crippen LogP contribution in [0, 0.1) is 28.6 Å². The van der Waals surface area contributed by atoms with E-state index in [1.54, 1.807) is 12.3 Å². The summed E-state index contributed by atoms with van der Waals surface area (Å²) in [7, 11) is 0. The summed E-state index contributed by atoms with van der Waals surface area (Å²) in [6.45, 7) is 6.85. The number of rotatable bonds is 7. The van der Waals surface area contributed by atoms with Crippen LogP contribution >= 0.6 is 0 Å². The lowest BCUT2D eigenvalue weighted by Gasteiger charge is -2.60. The van der Waals surface area contributed by atoms with E-state index in [9.17, 15) is 9.90 Å². The summed E-state index contributed by atoms with van der Waals surface area (Å²) in [4.78, 5) is 17.2. The predicted molar refractivity (Wildman–Crippen MR) is 131 cm³/mol. The van der Waals surface area contributed by atoms with Crippen LogP contribution < -0.4 is 4.74 Å². The van der Waals surface area contributed by atoms with Crippen molar-refractivity contribution in [3.8, 4) is 5.88 Å². The van der Waals surface area contributed by atoms with Gasteiger partial charge in [0.1, 0.15) is 6.61 Å². The molecule has 2 heterocycles. The first-order valence-electron chi connectivity index (χ1n) is 12.8. The highest BCUT2D eigenvalue weighted by Gasteiger charge is 2.58. The molecule has 0 aromatic carbocycles. The summed E-state index contributed by atoms with van der Waals surface area (Å²) < 4.78 is 5.66. The highest BCUT2D eigenvalue weighted by atomic mass is 16.5. The number of hydrogen-bond acceptors (Lipinski definition) is 5. The lowest BCUT2D eigenvalue weighted by atomic mass is 9.45. The minimum absolute atomic E-state index is 0.0313. The maximum atomic E-state index is 13.1. The number of aromatic amines is 1. The summed E-state index contributed by atoms with van der Waals surface area (Å²) in [6.07, 6.45) is 11.8. The maximum absolute atomic E-state index is 13.1. The van der Waals surface area contributed by atoms with Crippen LogP contribution in [0.5, 0.6) is 5.88 Å². The number of aliphatic hydroxyl groups excluding tert-OH is 1. The zero-order valence-corrected chi connectivity index (χ0v) is 20.6. The second-order valence-electron chi connectivity index (χ2n) is 11.3. The second kappa shape index (κ2) is 8.95. The molecule has 2 saturated carbocycles. The molecule has 2 aromatic rings. The van der Waals surface area contributed by atoms with Gasteiger partial charge in [-0.25, -0.2) is 4.98 Å². The molecule has 0 spiro atoms. The standard InChI is InChI=1S/C28H37N3O3/c1-4-7-22-21-10-9-19-12-23-18(16-30-31-23)13-28(19,3)26(21)24(33)15-27(22,2)14-20(32)17-34-25-8-5-6-11-29-25/h5-6,8,11-12,16,21-22,24,26,33H,4,7,9-10,13-15,17H2,1-3H3,(H,30,31). The van der Waals surface area contributed by atoms with Gasteiger partial charge in [0.25, 0.3) is 0 Å². The van der Waals surface area contributed by atoms with Crippen molar-refractivity contribution in [1.29, 1.82) is 0 Å². The Bertz CT molecular complexity index is 1060. The number of aliphatic hydroxyl groups is 1. The number of carbonyl (C=O) groups excluding carboxylic acids is 1. The molecule has 0 aliphatic heterocycles. The van der Waals surface area contributed by atoms with Gasteiger partial charge >= 0.3 is 0 Å². The predicted octanol–water partition coefficient (Wildman–Crippen LogP) is 5.00. The highest BCUT2D eigenvalue weighted by molar-refractivity contribution is 5.80. The van der Waals surface area contributed by atoms with Crippen LogP contribution in [-0.2, 0) is 11.2 Å². The van der Waals surface area contributed by atoms with Gasteiger partial charge in [-0.3, -0.25) is 9.89 Å². The number of H-pyrrole nitrogens is 1. The molecular formula is C28H37N3O3. The van der Waals surface area contributed by atoms with E-state index >= 15 is 0 Å². The van der Waals surface area contributed by atoms with Crippen molar-refractivity contribution in [3.63, 3.8) is 0 Å². The van der Waals surface area contributed by atoms with E-state index in [2.05, 4.69) is 42.0 Å². The van der Waals surface area contributed by atoms with Crippen molar-refractivity contribution in [2.24, 2.45) is 28.6 Å². The normalized spacial score (nSPS) is 34.4. The number of carbonyl (C=O) groups is 1. The highest BCUT2D eigenvalue weighted by Crippen LogP contribution is 2.63. The molecule has 0 bridgehead atoms. The molecule has 2 aromatic heterocycles. The third-order valence-corrected chi connectivity index (χ3v) is 9.03. The van der Waals surface area contributed by atoms with Gasteiger partial charge in [0.15, 0.2) is 5.78 Å². The number of fused-ring (bicyclic) bond motifs is 4. The Morgan fingerprint density at radius 2 is 2.18 bits per heavy atom. The van der Waals surface area contributed by atoms with E-state index < -0.39 is 6.10 Å². The van der Waals surface area contributed by atoms with Gasteiger partial charge in [0.05, 0.1) is 18.0 Å². The smallest absolute Gasteiger partial charge is 0.213 e. The molecule has 182 valence electrons. The minimum atomic E-state index is -0.422. The van der Waals surface area contributed by atoms with Gasteiger partial charge in [-0.05, 0) is 78.4 Å². The Kier molecular flexibility index (Phi) is 6.13. The molecule has 34 heavy (non-hydrogen) atoms. The van der Waals surface area contributed by atoms with Crippen molar-refractivity contribution in [2.45, 2.75) is 71.8 Å². The monoisotopic (exact) mass is 463 g/mol. The molecule has 6 nitrogen and oxygen atoms in total. The molecule has 0 radical (unpaired) electrons. The number of aromatic nitrogens is 3. The Labute approximate surface area is 202 Å². The number of allylic oxidation sites excluding steroid dienone is 1. The van der Waals surface area contributed by atoms with E-state index in [0.717, 1.165) is 37.8 Å². The van der Waals surface area contributed by atoms with Crippen molar-refractivity contribution < 1.29 is 14.6 Å². The number of Topliss-reactive ketones (excluding diaryl/α,β-unsaturated/α-hetero) is 1. The molecule has 5 rings (SSSR count). The van der Waals surface area contributed by atoms with E-state index in [0.29, 0.717) is 30.6 Å². The zero-order chi connectivity index (χ0) is 23.9. The SMILES string of the molecule is CCCC1C2CCC3=Cc4[nH]ncc4CC3(C)C2C(O)CC1(C)CC(=O)COc1ccccn1. The van der Waals surface area contributed by atoms with Gasteiger partial charge in [-0.15, -0.1) is 0 Å². The van der Waals surface area contributed by atoms with Crippen molar-refractivity contribution in [3.05, 3.63) is 47.4 Å². The van der Waals surface area contributed by atoms with Gasteiger partial charge in [-0.1, -0.05) is 38.8 Å². The molecule has 6 heteroatoms.